The van der Waals surface area contributed by atoms with E-state index in [0.717, 1.165) is 11.3 Å². The van der Waals surface area contributed by atoms with Crippen LogP contribution in [0.3, 0.4) is 0 Å². The van der Waals surface area contributed by atoms with Crippen LogP contribution in [0.5, 0.6) is 11.5 Å². The lowest BCUT2D eigenvalue weighted by atomic mass is 9.97. The summed E-state index contributed by atoms with van der Waals surface area (Å²) in [5, 5.41) is 0. The number of amides is 2. The van der Waals surface area contributed by atoms with E-state index in [2.05, 4.69) is 0 Å². The Morgan fingerprint density at radius 3 is 2.78 bits per heavy atom. The van der Waals surface area contributed by atoms with E-state index >= 15 is 0 Å². The van der Waals surface area contributed by atoms with Gasteiger partial charge in [-0.2, -0.15) is 0 Å². The molecule has 94 valence electrons. The normalized spacial score (nSPS) is 21.8. The van der Waals surface area contributed by atoms with E-state index in [9.17, 15) is 9.59 Å². The summed E-state index contributed by atoms with van der Waals surface area (Å²) in [6.07, 6.45) is 0.856. The maximum Gasteiger partial charge on any atom is 0.232 e. The van der Waals surface area contributed by atoms with Crippen LogP contribution < -0.4 is 9.47 Å². The molecule has 1 atom stereocenters. The average Bonchev–Trinajstić information content (AvgIpc) is 2.91. The first kappa shape index (κ1) is 11.1. The van der Waals surface area contributed by atoms with Crippen molar-refractivity contribution >= 4 is 11.8 Å². The lowest BCUT2D eigenvalue weighted by molar-refractivity contribution is -0.137. The highest BCUT2D eigenvalue weighted by Crippen LogP contribution is 2.34. The van der Waals surface area contributed by atoms with Gasteiger partial charge in [0.2, 0.25) is 18.6 Å². The highest BCUT2D eigenvalue weighted by atomic mass is 16.7. The second-order valence-corrected chi connectivity index (χ2v) is 4.58. The predicted octanol–water partition coefficient (Wildman–Crippen LogP) is 0.963. The topological polar surface area (TPSA) is 55.8 Å². The number of rotatable bonds is 2. The number of hydrogen-bond donors (Lipinski definition) is 0. The first-order chi connectivity index (χ1) is 8.65. The van der Waals surface area contributed by atoms with Crippen molar-refractivity contribution in [2.24, 2.45) is 5.92 Å². The number of ether oxygens (including phenoxy) is 2. The third-order valence-electron chi connectivity index (χ3n) is 3.39. The van der Waals surface area contributed by atoms with Gasteiger partial charge in [0.1, 0.15) is 0 Å². The van der Waals surface area contributed by atoms with Gasteiger partial charge in [-0.3, -0.25) is 14.5 Å². The molecule has 1 aromatic carbocycles. The summed E-state index contributed by atoms with van der Waals surface area (Å²) in [6, 6.07) is 5.62. The second kappa shape index (κ2) is 4.01. The zero-order chi connectivity index (χ0) is 12.7. The van der Waals surface area contributed by atoms with Crippen molar-refractivity contribution in [1.29, 1.82) is 0 Å². The highest BCUT2D eigenvalue weighted by Gasteiger charge is 2.35. The van der Waals surface area contributed by atoms with Gasteiger partial charge in [0.25, 0.3) is 0 Å². The van der Waals surface area contributed by atoms with Crippen molar-refractivity contribution in [2.45, 2.75) is 12.8 Å². The molecule has 0 N–H and O–H groups in total. The monoisotopic (exact) mass is 247 g/mol. The van der Waals surface area contributed by atoms with Gasteiger partial charge in [0, 0.05) is 13.5 Å². The minimum atomic E-state index is -0.247. The lowest BCUT2D eigenvalue weighted by Gasteiger charge is -2.09. The Kier molecular flexibility index (Phi) is 2.47. The molecule has 3 rings (SSSR count). The molecule has 1 fully saturated rings. The maximum atomic E-state index is 11.8. The number of hydrogen-bond acceptors (Lipinski definition) is 4. The van der Waals surface area contributed by atoms with Crippen LogP contribution in [0.15, 0.2) is 18.2 Å². The number of nitrogens with zero attached hydrogens (tertiary/aromatic N) is 1. The van der Waals surface area contributed by atoms with Gasteiger partial charge >= 0.3 is 0 Å². The Labute approximate surface area is 104 Å². The molecule has 0 aromatic heterocycles. The highest BCUT2D eigenvalue weighted by molar-refractivity contribution is 6.03. The van der Waals surface area contributed by atoms with E-state index in [0.29, 0.717) is 18.6 Å². The summed E-state index contributed by atoms with van der Waals surface area (Å²) in [4.78, 5) is 24.4. The van der Waals surface area contributed by atoms with Crippen molar-refractivity contribution in [3.05, 3.63) is 23.8 Å². The molecule has 2 aliphatic heterocycles. The van der Waals surface area contributed by atoms with Crippen molar-refractivity contribution in [1.82, 2.24) is 4.90 Å². The molecule has 2 heterocycles. The van der Waals surface area contributed by atoms with Gasteiger partial charge in [-0.25, -0.2) is 0 Å². The number of fused-ring (bicyclic) bond motifs is 1. The van der Waals surface area contributed by atoms with Crippen LogP contribution >= 0.6 is 0 Å². The molecule has 0 spiro atoms. The standard InChI is InChI=1S/C13H13NO4/c1-14-12(15)6-9(13(14)16)4-8-2-3-10-11(5-8)18-7-17-10/h2-3,5,9H,4,6-7H2,1H3. The van der Waals surface area contributed by atoms with Crippen LogP contribution in [-0.2, 0) is 16.0 Å². The van der Waals surface area contributed by atoms with Crippen molar-refractivity contribution in [2.75, 3.05) is 13.8 Å². The van der Waals surface area contributed by atoms with E-state index in [-0.39, 0.29) is 24.5 Å². The number of carbonyl (C=O) groups excluding carboxylic acids is 2. The minimum Gasteiger partial charge on any atom is -0.454 e. The Balaban J connectivity index is 1.77. The van der Waals surface area contributed by atoms with Gasteiger partial charge in [0.05, 0.1) is 5.92 Å². The predicted molar refractivity (Wildman–Crippen MR) is 62.2 cm³/mol. The van der Waals surface area contributed by atoms with Crippen molar-refractivity contribution in [3.8, 4) is 11.5 Å². The van der Waals surface area contributed by atoms with E-state index in [1.807, 2.05) is 18.2 Å². The van der Waals surface area contributed by atoms with Gasteiger partial charge in [-0.1, -0.05) is 6.07 Å². The average molecular weight is 247 g/mol. The van der Waals surface area contributed by atoms with Crippen LogP contribution in [0.4, 0.5) is 0 Å². The van der Waals surface area contributed by atoms with Crippen LogP contribution in [0, 0.1) is 5.92 Å². The molecule has 0 bridgehead atoms. The van der Waals surface area contributed by atoms with Gasteiger partial charge in [0.15, 0.2) is 11.5 Å². The third kappa shape index (κ3) is 1.72. The lowest BCUT2D eigenvalue weighted by Crippen LogP contribution is -2.26. The Morgan fingerprint density at radius 1 is 1.28 bits per heavy atom. The first-order valence-corrected chi connectivity index (χ1v) is 5.84. The fourth-order valence-electron chi connectivity index (χ4n) is 2.34. The number of imide groups is 1. The molecule has 2 aliphatic rings. The fraction of sp³-hybridized carbons (Fsp3) is 0.385. The molecule has 0 radical (unpaired) electrons. The summed E-state index contributed by atoms with van der Waals surface area (Å²) >= 11 is 0. The molecular formula is C13H13NO4. The van der Waals surface area contributed by atoms with Crippen LogP contribution in [0.25, 0.3) is 0 Å². The first-order valence-electron chi connectivity index (χ1n) is 5.84. The molecule has 0 aliphatic carbocycles. The van der Waals surface area contributed by atoms with Crippen molar-refractivity contribution in [3.63, 3.8) is 0 Å². The Hall–Kier alpha value is -2.04. The minimum absolute atomic E-state index is 0.0994. The molecule has 5 nitrogen and oxygen atoms in total. The zero-order valence-electron chi connectivity index (χ0n) is 10.0. The van der Waals surface area contributed by atoms with Crippen molar-refractivity contribution < 1.29 is 19.1 Å². The van der Waals surface area contributed by atoms with Crippen LogP contribution in [-0.4, -0.2) is 30.6 Å². The zero-order valence-corrected chi connectivity index (χ0v) is 10.0. The molecule has 1 aromatic rings. The molecule has 0 saturated carbocycles. The molecule has 1 unspecified atom stereocenters. The molecule has 2 amide bonds. The largest absolute Gasteiger partial charge is 0.454 e. The van der Waals surface area contributed by atoms with Crippen LogP contribution in [0.1, 0.15) is 12.0 Å². The van der Waals surface area contributed by atoms with Gasteiger partial charge in [-0.15, -0.1) is 0 Å². The number of carbonyl (C=O) groups is 2. The number of likely N-dealkylation sites (tertiary alicyclic amines) is 1. The smallest absolute Gasteiger partial charge is 0.232 e. The summed E-state index contributed by atoms with van der Waals surface area (Å²) in [5.41, 5.74) is 0.987. The molecule has 5 heteroatoms. The van der Waals surface area contributed by atoms with Crippen LogP contribution in [0.2, 0.25) is 0 Å². The van der Waals surface area contributed by atoms with Gasteiger partial charge in [-0.05, 0) is 24.1 Å². The van der Waals surface area contributed by atoms with E-state index in [4.69, 9.17) is 9.47 Å². The fourth-order valence-corrected chi connectivity index (χ4v) is 2.34. The molecular weight excluding hydrogens is 234 g/mol. The summed E-state index contributed by atoms with van der Waals surface area (Å²) in [6.45, 7) is 0.238. The molecule has 18 heavy (non-hydrogen) atoms. The summed E-state index contributed by atoms with van der Waals surface area (Å²) in [5.74, 6) is 0.980. The SMILES string of the molecule is CN1C(=O)CC(Cc2ccc3c(c2)OCO3)C1=O. The Bertz CT molecular complexity index is 526. The number of benzene rings is 1. The second-order valence-electron chi connectivity index (χ2n) is 4.58. The van der Waals surface area contributed by atoms with E-state index in [1.54, 1.807) is 0 Å². The van der Waals surface area contributed by atoms with Gasteiger partial charge < -0.3 is 9.47 Å². The maximum absolute atomic E-state index is 11.8. The summed E-state index contributed by atoms with van der Waals surface area (Å²) < 4.78 is 10.5. The third-order valence-corrected chi connectivity index (χ3v) is 3.39. The Morgan fingerprint density at radius 2 is 2.06 bits per heavy atom. The van der Waals surface area contributed by atoms with E-state index < -0.39 is 0 Å². The quantitative estimate of drug-likeness (QED) is 0.730. The molecule has 1 saturated heterocycles. The summed E-state index contributed by atoms with van der Waals surface area (Å²) in [7, 11) is 1.53. The van der Waals surface area contributed by atoms with E-state index in [1.165, 1.54) is 11.9 Å².